The van der Waals surface area contributed by atoms with E-state index in [-0.39, 0.29) is 5.56 Å². The van der Waals surface area contributed by atoms with E-state index in [1.165, 1.54) is 24.1 Å². The maximum Gasteiger partial charge on any atom is 0.252 e. The fourth-order valence-corrected chi connectivity index (χ4v) is 5.63. The van der Waals surface area contributed by atoms with Gasteiger partial charge in [-0.1, -0.05) is 25.8 Å². The van der Waals surface area contributed by atoms with Crippen LogP contribution in [-0.4, -0.2) is 49.4 Å². The van der Waals surface area contributed by atoms with E-state index >= 15 is 0 Å². The molecule has 3 aromatic rings. The average Bonchev–Trinajstić information content (AvgIpc) is 3.67. The Balaban J connectivity index is 1.46. The molecule has 36 heavy (non-hydrogen) atoms. The van der Waals surface area contributed by atoms with Gasteiger partial charge in [0.2, 0.25) is 0 Å². The van der Waals surface area contributed by atoms with Crippen LogP contribution < -0.4 is 10.5 Å². The lowest BCUT2D eigenvalue weighted by Gasteiger charge is -2.49. The van der Waals surface area contributed by atoms with Crippen molar-refractivity contribution in [2.45, 2.75) is 84.0 Å². The molecule has 0 aromatic carbocycles. The molecule has 0 N–H and O–H groups in total. The third kappa shape index (κ3) is 4.55. The monoisotopic (exact) mass is 486 g/mol. The van der Waals surface area contributed by atoms with E-state index in [1.54, 1.807) is 10.6 Å². The van der Waals surface area contributed by atoms with Crippen molar-refractivity contribution in [3.8, 4) is 11.8 Å². The summed E-state index contributed by atoms with van der Waals surface area (Å²) in [5, 5.41) is 4.87. The fraction of sp³-hybridized carbons (Fsp3) is 0.552. The smallest absolute Gasteiger partial charge is 0.252 e. The first-order valence-electron chi connectivity index (χ1n) is 13.4. The van der Waals surface area contributed by atoms with Gasteiger partial charge in [0.15, 0.2) is 0 Å². The number of rotatable bonds is 7. The zero-order chi connectivity index (χ0) is 25.4. The van der Waals surface area contributed by atoms with E-state index < -0.39 is 0 Å². The molecule has 190 valence electrons. The Hall–Kier alpha value is -3.11. The lowest BCUT2D eigenvalue weighted by atomic mass is 9.97. The van der Waals surface area contributed by atoms with Gasteiger partial charge in [-0.15, -0.1) is 5.92 Å². The first kappa shape index (κ1) is 24.6. The van der Waals surface area contributed by atoms with Crippen LogP contribution in [0.2, 0.25) is 0 Å². The summed E-state index contributed by atoms with van der Waals surface area (Å²) in [5.41, 5.74) is 5.21. The number of hydrogen-bond acceptors (Lipinski definition) is 5. The first-order valence-corrected chi connectivity index (χ1v) is 13.4. The topological polar surface area (TPSA) is 59.2 Å². The number of aryl methyl sites for hydroxylation is 1. The van der Waals surface area contributed by atoms with E-state index in [9.17, 15) is 4.79 Å². The third-order valence-electron chi connectivity index (χ3n) is 8.13. The molecular formula is C29H38N6O. The highest BCUT2D eigenvalue weighted by Crippen LogP contribution is 2.39. The molecule has 0 radical (unpaired) electrons. The molecule has 3 atom stereocenters. The Bertz CT molecular complexity index is 1340. The van der Waals surface area contributed by atoms with Crippen LogP contribution in [0.5, 0.6) is 0 Å². The Morgan fingerprint density at radius 3 is 2.56 bits per heavy atom. The van der Waals surface area contributed by atoms with Crippen molar-refractivity contribution in [2.75, 3.05) is 18.0 Å². The maximum atomic E-state index is 13.0. The molecule has 5 rings (SSSR count). The molecule has 4 heterocycles. The molecule has 1 aliphatic heterocycles. The molecule has 2 fully saturated rings. The van der Waals surface area contributed by atoms with Crippen molar-refractivity contribution in [2.24, 2.45) is 7.05 Å². The highest BCUT2D eigenvalue weighted by atomic mass is 16.1. The number of piperazine rings is 1. The van der Waals surface area contributed by atoms with Crippen LogP contribution in [0.25, 0.3) is 11.0 Å². The van der Waals surface area contributed by atoms with Crippen molar-refractivity contribution in [3.63, 3.8) is 0 Å². The second-order valence-corrected chi connectivity index (χ2v) is 10.4. The van der Waals surface area contributed by atoms with Gasteiger partial charge in [0.25, 0.3) is 5.56 Å². The molecule has 0 bridgehead atoms. The molecule has 2 aliphatic rings. The molecular weight excluding hydrogens is 448 g/mol. The number of pyridine rings is 2. The van der Waals surface area contributed by atoms with Crippen LogP contribution in [-0.2, 0) is 13.6 Å². The molecule has 1 saturated heterocycles. The summed E-state index contributed by atoms with van der Waals surface area (Å²) >= 11 is 0. The number of hydrogen-bond donors (Lipinski definition) is 0. The lowest BCUT2D eigenvalue weighted by molar-refractivity contribution is 0.101. The van der Waals surface area contributed by atoms with Gasteiger partial charge in [-0.05, 0) is 51.2 Å². The molecule has 7 nitrogen and oxygen atoms in total. The maximum absolute atomic E-state index is 13.0. The van der Waals surface area contributed by atoms with Gasteiger partial charge < -0.3 is 9.47 Å². The summed E-state index contributed by atoms with van der Waals surface area (Å²) in [6.45, 7) is 11.0. The van der Waals surface area contributed by atoms with Gasteiger partial charge in [0.05, 0.1) is 17.4 Å². The van der Waals surface area contributed by atoms with E-state index in [0.29, 0.717) is 30.6 Å². The Labute approximate surface area is 214 Å². The van der Waals surface area contributed by atoms with Crippen LogP contribution in [0, 0.1) is 11.8 Å². The molecule has 0 amide bonds. The van der Waals surface area contributed by atoms with Gasteiger partial charge in [0, 0.05) is 62.1 Å². The van der Waals surface area contributed by atoms with E-state index in [1.807, 2.05) is 24.9 Å². The van der Waals surface area contributed by atoms with Crippen LogP contribution in [0.1, 0.15) is 76.6 Å². The Kier molecular flexibility index (Phi) is 6.90. The van der Waals surface area contributed by atoms with E-state index in [2.05, 4.69) is 60.7 Å². The van der Waals surface area contributed by atoms with Gasteiger partial charge >= 0.3 is 0 Å². The zero-order valence-corrected chi connectivity index (χ0v) is 22.2. The summed E-state index contributed by atoms with van der Waals surface area (Å²) in [5.74, 6) is 6.69. The fourth-order valence-electron chi connectivity index (χ4n) is 5.63. The Morgan fingerprint density at radius 1 is 1.14 bits per heavy atom. The summed E-state index contributed by atoms with van der Waals surface area (Å²) in [7, 11) is 1.82. The third-order valence-corrected chi connectivity index (χ3v) is 8.13. The van der Waals surface area contributed by atoms with Crippen molar-refractivity contribution in [1.82, 2.24) is 24.2 Å². The van der Waals surface area contributed by atoms with E-state index in [4.69, 9.17) is 10.1 Å². The van der Waals surface area contributed by atoms with Gasteiger partial charge in [0.1, 0.15) is 12.1 Å². The van der Waals surface area contributed by atoms with Crippen molar-refractivity contribution < 1.29 is 0 Å². The lowest BCUT2D eigenvalue weighted by Crippen LogP contribution is -2.58. The standard InChI is InChI=1S/C29H38N6O/c1-6-9-14-33-19-27-29(31-33)26(15-28(36)32(27)5)35-18-23(7-2)34(17-24(35)8-3)20(4)22-12-13-25(30-16-22)21-10-11-21/h12-13,15-16,19-21,23-24H,7-8,10-11,14,17-18H2,1-5H3/t20-,23+,24-/m0/s1. The minimum Gasteiger partial charge on any atom is -0.364 e. The van der Waals surface area contributed by atoms with E-state index in [0.717, 1.165) is 42.7 Å². The average molecular weight is 487 g/mol. The highest BCUT2D eigenvalue weighted by Gasteiger charge is 2.36. The summed E-state index contributed by atoms with van der Waals surface area (Å²) in [6, 6.07) is 7.25. The predicted molar refractivity (Wildman–Crippen MR) is 145 cm³/mol. The predicted octanol–water partition coefficient (Wildman–Crippen LogP) is 4.47. The van der Waals surface area contributed by atoms with Crippen LogP contribution in [0.4, 0.5) is 5.69 Å². The second kappa shape index (κ2) is 10.1. The largest absolute Gasteiger partial charge is 0.364 e. The minimum atomic E-state index is -0.000785. The van der Waals surface area contributed by atoms with Gasteiger partial charge in [-0.3, -0.25) is 19.4 Å². The number of fused-ring (bicyclic) bond motifs is 1. The second-order valence-electron chi connectivity index (χ2n) is 10.4. The molecule has 1 aliphatic carbocycles. The quantitative estimate of drug-likeness (QED) is 0.461. The van der Waals surface area contributed by atoms with Crippen LogP contribution >= 0.6 is 0 Å². The summed E-state index contributed by atoms with van der Waals surface area (Å²) in [4.78, 5) is 22.8. The van der Waals surface area contributed by atoms with Gasteiger partial charge in [-0.25, -0.2) is 0 Å². The summed E-state index contributed by atoms with van der Waals surface area (Å²) in [6.07, 6.45) is 8.63. The normalized spacial score (nSPS) is 21.4. The van der Waals surface area contributed by atoms with Gasteiger partial charge in [-0.2, -0.15) is 5.10 Å². The zero-order valence-electron chi connectivity index (χ0n) is 22.2. The SMILES string of the molecule is CC#CCn1cc2c(n1)c(N1C[C@@H](CC)N([C@@H](C)c3ccc(C4CC4)nc3)C[C@@H]1CC)cc(=O)n2C. The molecule has 7 heteroatoms. The Morgan fingerprint density at radius 2 is 1.92 bits per heavy atom. The summed E-state index contributed by atoms with van der Waals surface area (Å²) < 4.78 is 3.54. The number of anilines is 1. The number of aromatic nitrogens is 4. The van der Waals surface area contributed by atoms with Crippen LogP contribution in [0.3, 0.4) is 0 Å². The van der Waals surface area contributed by atoms with Crippen molar-refractivity contribution in [3.05, 3.63) is 52.2 Å². The molecule has 3 aromatic heterocycles. The van der Waals surface area contributed by atoms with Crippen molar-refractivity contribution in [1.29, 1.82) is 0 Å². The van der Waals surface area contributed by atoms with Crippen molar-refractivity contribution >= 4 is 16.7 Å². The first-order chi connectivity index (χ1) is 17.4. The van der Waals surface area contributed by atoms with Crippen LogP contribution in [0.15, 0.2) is 35.4 Å². The molecule has 0 unspecified atom stereocenters. The molecule has 1 saturated carbocycles. The molecule has 0 spiro atoms. The number of nitrogens with zero attached hydrogens (tertiary/aromatic N) is 6. The minimum absolute atomic E-state index is 0.000785. The highest BCUT2D eigenvalue weighted by molar-refractivity contribution is 5.88.